The molecule has 2 aromatic rings. The van der Waals surface area contributed by atoms with Gasteiger partial charge in [-0.25, -0.2) is 4.39 Å². The number of β-amino-alcohol motifs (C(OH)–C–C–N with tert-alkyl or cyclic N) is 1. The molecule has 1 saturated heterocycles. The Balaban J connectivity index is 1.65. The highest BCUT2D eigenvalue weighted by molar-refractivity contribution is 6.42. The lowest BCUT2D eigenvalue weighted by Crippen LogP contribution is -2.60. The first-order chi connectivity index (χ1) is 16.8. The van der Waals surface area contributed by atoms with Crippen LogP contribution in [0.25, 0.3) is 5.70 Å². The van der Waals surface area contributed by atoms with Crippen molar-refractivity contribution < 1.29 is 40.7 Å². The Morgan fingerprint density at radius 2 is 1.76 bits per heavy atom. The Labute approximate surface area is 216 Å². The van der Waals surface area contributed by atoms with Gasteiger partial charge in [-0.05, 0) is 44.2 Å². The highest BCUT2D eigenvalue weighted by Crippen LogP contribution is 2.50. The summed E-state index contributed by atoms with van der Waals surface area (Å²) in [6, 6.07) is 3.49. The molecule has 1 unspecified atom stereocenters. The van der Waals surface area contributed by atoms with Crippen molar-refractivity contribution >= 4 is 28.9 Å². The van der Waals surface area contributed by atoms with Gasteiger partial charge in [0.2, 0.25) is 5.60 Å². The summed E-state index contributed by atoms with van der Waals surface area (Å²) in [5.41, 5.74) is -6.69. The number of halogens is 9. The Kier molecular flexibility index (Phi) is 6.77. The van der Waals surface area contributed by atoms with Crippen molar-refractivity contribution in [1.29, 1.82) is 0 Å². The predicted octanol–water partition coefficient (Wildman–Crippen LogP) is 5.99. The molecule has 3 heterocycles. The Morgan fingerprint density at radius 3 is 2.27 bits per heavy atom. The second-order valence-corrected chi connectivity index (χ2v) is 10.5. The third-order valence-corrected chi connectivity index (χ3v) is 6.75. The van der Waals surface area contributed by atoms with Crippen LogP contribution in [0.1, 0.15) is 36.2 Å². The average molecular weight is 574 g/mol. The fourth-order valence-corrected chi connectivity index (χ4v) is 4.73. The van der Waals surface area contributed by atoms with E-state index in [1.807, 2.05) is 0 Å². The lowest BCUT2D eigenvalue weighted by molar-refractivity contribution is -0.269. The Bertz CT molecular complexity index is 1220. The van der Waals surface area contributed by atoms with Crippen LogP contribution in [-0.2, 0) is 22.3 Å². The summed E-state index contributed by atoms with van der Waals surface area (Å²) in [5, 5.41) is 8.18. The summed E-state index contributed by atoms with van der Waals surface area (Å²) >= 11 is 11.3. The highest BCUT2D eigenvalue weighted by Gasteiger charge is 2.60. The summed E-state index contributed by atoms with van der Waals surface area (Å²) in [6.07, 6.45) is -8.61. The van der Waals surface area contributed by atoms with Crippen molar-refractivity contribution in [3.05, 3.63) is 69.0 Å². The van der Waals surface area contributed by atoms with Crippen LogP contribution in [-0.4, -0.2) is 46.4 Å². The lowest BCUT2D eigenvalue weighted by Gasteiger charge is -2.46. The van der Waals surface area contributed by atoms with E-state index in [0.29, 0.717) is 12.1 Å². The highest BCUT2D eigenvalue weighted by atomic mass is 35.5. The molecule has 4 rings (SSSR count). The Hall–Kier alpha value is -2.12. The minimum Gasteiger partial charge on any atom is -0.389 e. The van der Waals surface area contributed by atoms with E-state index in [1.54, 1.807) is 18.7 Å². The number of aliphatic hydroxyl groups is 1. The van der Waals surface area contributed by atoms with Gasteiger partial charge in [-0.2, -0.15) is 26.3 Å². The number of pyridine rings is 1. The number of rotatable bonds is 5. The van der Waals surface area contributed by atoms with Crippen LogP contribution in [0.5, 0.6) is 0 Å². The van der Waals surface area contributed by atoms with Crippen molar-refractivity contribution in [2.75, 3.05) is 19.6 Å². The van der Waals surface area contributed by atoms with E-state index in [-0.39, 0.29) is 42.7 Å². The number of benzene rings is 1. The molecule has 0 bridgehead atoms. The molecule has 37 heavy (non-hydrogen) atoms. The molecule has 2 aliphatic heterocycles. The molecule has 1 aromatic heterocycles. The van der Waals surface area contributed by atoms with Crippen molar-refractivity contribution in [3.63, 3.8) is 0 Å². The fourth-order valence-electron chi connectivity index (χ4n) is 4.30. The molecule has 1 atom stereocenters. The summed E-state index contributed by atoms with van der Waals surface area (Å²) < 4.78 is 98.0. The maximum Gasteiger partial charge on any atom is 0.428 e. The van der Waals surface area contributed by atoms with E-state index in [1.165, 1.54) is 12.1 Å². The number of alkyl halides is 7. The van der Waals surface area contributed by atoms with Crippen molar-refractivity contribution in [2.24, 2.45) is 0 Å². The van der Waals surface area contributed by atoms with Gasteiger partial charge in [0.05, 0.1) is 32.6 Å². The number of hydrogen-bond donors (Lipinski definition) is 2. The minimum atomic E-state index is -5.21. The molecule has 0 spiro atoms. The van der Waals surface area contributed by atoms with Crippen LogP contribution in [0.2, 0.25) is 10.0 Å². The van der Waals surface area contributed by atoms with Crippen LogP contribution in [0.4, 0.5) is 30.7 Å². The molecule has 5 nitrogen and oxygen atoms in total. The summed E-state index contributed by atoms with van der Waals surface area (Å²) in [6.45, 7) is 3.37. The van der Waals surface area contributed by atoms with Crippen molar-refractivity contribution in [2.45, 2.75) is 43.1 Å². The zero-order valence-corrected chi connectivity index (χ0v) is 20.7. The molecule has 0 saturated carbocycles. The number of hydrogen-bond acceptors (Lipinski definition) is 5. The summed E-state index contributed by atoms with van der Waals surface area (Å²) in [7, 11) is 0. The fraction of sp³-hybridized carbons (Fsp3) is 0.435. The van der Waals surface area contributed by atoms with Crippen LogP contribution in [0.3, 0.4) is 0 Å². The topological polar surface area (TPSA) is 57.6 Å². The van der Waals surface area contributed by atoms with E-state index in [9.17, 15) is 31.4 Å². The van der Waals surface area contributed by atoms with Gasteiger partial charge in [0, 0.05) is 37.0 Å². The second-order valence-electron chi connectivity index (χ2n) is 9.67. The van der Waals surface area contributed by atoms with Gasteiger partial charge >= 0.3 is 12.4 Å². The van der Waals surface area contributed by atoms with Gasteiger partial charge in [0.15, 0.2) is 5.67 Å². The standard InChI is InChI=1S/C23H20Cl2F7N3O2/c1-19(2,36)9-35-10-20(26,11-35)17-4-3-12(8-33-17)16-7-21(37-34-16,23(30,31)32)13-5-14(22(27,28)29)18(25)15(24)6-13/h3-8,34,36H,9-11H2,1-2H3. The third kappa shape index (κ3) is 5.26. The predicted molar refractivity (Wildman–Crippen MR) is 121 cm³/mol. The summed E-state index contributed by atoms with van der Waals surface area (Å²) in [4.78, 5) is 10.6. The average Bonchev–Trinajstić information content (AvgIpc) is 3.19. The first-order valence-electron chi connectivity index (χ1n) is 10.8. The molecule has 202 valence electrons. The zero-order valence-electron chi connectivity index (χ0n) is 19.2. The molecule has 1 fully saturated rings. The molecular weight excluding hydrogens is 554 g/mol. The quantitative estimate of drug-likeness (QED) is 0.430. The van der Waals surface area contributed by atoms with Crippen LogP contribution in [0.15, 0.2) is 36.5 Å². The maximum absolute atomic E-state index is 15.2. The first-order valence-corrected chi connectivity index (χ1v) is 11.5. The zero-order chi connectivity index (χ0) is 27.6. The normalized spacial score (nSPS) is 22.4. The summed E-state index contributed by atoms with van der Waals surface area (Å²) in [5.74, 6) is 0. The third-order valence-electron chi connectivity index (χ3n) is 5.95. The minimum absolute atomic E-state index is 0.0244. The van der Waals surface area contributed by atoms with Gasteiger partial charge in [0.25, 0.3) is 0 Å². The number of nitrogens with zero attached hydrogens (tertiary/aromatic N) is 2. The van der Waals surface area contributed by atoms with Crippen LogP contribution >= 0.6 is 23.2 Å². The van der Waals surface area contributed by atoms with E-state index >= 15 is 4.39 Å². The number of aromatic nitrogens is 1. The lowest BCUT2D eigenvalue weighted by atomic mass is 9.89. The van der Waals surface area contributed by atoms with Crippen molar-refractivity contribution in [3.8, 4) is 0 Å². The Morgan fingerprint density at radius 1 is 1.11 bits per heavy atom. The second kappa shape index (κ2) is 8.98. The SMILES string of the molecule is CC(C)(O)CN1CC(F)(c2ccc(C3=CC(c4cc(Cl)c(Cl)c(C(F)(F)F)c4)(C(F)(F)F)ON3)cn2)C1. The first kappa shape index (κ1) is 27.9. The van der Waals surface area contributed by atoms with Crippen LogP contribution < -0.4 is 5.48 Å². The van der Waals surface area contributed by atoms with Crippen LogP contribution in [0, 0.1) is 0 Å². The molecule has 2 aliphatic rings. The largest absolute Gasteiger partial charge is 0.428 e. The van der Waals surface area contributed by atoms with E-state index in [2.05, 4.69) is 10.5 Å². The molecule has 0 radical (unpaired) electrons. The molecule has 0 amide bonds. The molecular formula is C23H20Cl2F7N3O2. The monoisotopic (exact) mass is 573 g/mol. The van der Waals surface area contributed by atoms with Gasteiger partial charge in [-0.3, -0.25) is 20.2 Å². The number of likely N-dealkylation sites (tertiary alicyclic amines) is 1. The van der Waals surface area contributed by atoms with E-state index in [0.717, 1.165) is 6.20 Å². The van der Waals surface area contributed by atoms with Gasteiger partial charge in [-0.15, -0.1) is 0 Å². The van der Waals surface area contributed by atoms with Gasteiger partial charge in [0.1, 0.15) is 0 Å². The number of nitrogens with one attached hydrogen (secondary N) is 1. The number of hydroxylamine groups is 1. The molecule has 14 heteroatoms. The molecule has 0 aliphatic carbocycles. The maximum atomic E-state index is 15.2. The van der Waals surface area contributed by atoms with Crippen molar-refractivity contribution in [1.82, 2.24) is 15.4 Å². The smallest absolute Gasteiger partial charge is 0.389 e. The van der Waals surface area contributed by atoms with Gasteiger partial charge < -0.3 is 5.11 Å². The molecule has 2 N–H and O–H groups in total. The van der Waals surface area contributed by atoms with Gasteiger partial charge in [-0.1, -0.05) is 23.2 Å². The molecule has 1 aromatic carbocycles. The van der Waals surface area contributed by atoms with E-state index < -0.39 is 50.4 Å². The van der Waals surface area contributed by atoms with E-state index in [4.69, 9.17) is 28.0 Å².